The van der Waals surface area contributed by atoms with E-state index in [1.54, 1.807) is 30.3 Å². The highest BCUT2D eigenvalue weighted by Crippen LogP contribution is 2.53. The molecule has 0 aliphatic heterocycles. The Labute approximate surface area is 171 Å². The fourth-order valence-corrected chi connectivity index (χ4v) is 4.72. The summed E-state index contributed by atoms with van der Waals surface area (Å²) in [5, 5.41) is 12.8. The maximum Gasteiger partial charge on any atom is 0.269 e. The number of rotatable bonds is 2. The number of nitrogens with zero attached hydrogens (tertiary/aromatic N) is 1. The Bertz CT molecular complexity index is 1360. The Morgan fingerprint density at radius 3 is 2.20 bits per heavy atom. The molecule has 0 heterocycles. The van der Waals surface area contributed by atoms with Crippen molar-refractivity contribution in [3.8, 4) is 11.1 Å². The predicted molar refractivity (Wildman–Crippen MR) is 113 cm³/mol. The van der Waals surface area contributed by atoms with Crippen molar-refractivity contribution < 1.29 is 13.7 Å². The van der Waals surface area contributed by atoms with Crippen molar-refractivity contribution in [2.75, 3.05) is 0 Å². The second kappa shape index (κ2) is 6.46. The average Bonchev–Trinajstić information content (AvgIpc) is 3.06. The third kappa shape index (κ3) is 2.55. The van der Waals surface area contributed by atoms with Gasteiger partial charge in [-0.05, 0) is 87.8 Å². The minimum absolute atomic E-state index is 0.0123. The Kier molecular flexibility index (Phi) is 3.97. The fraction of sp³-hybridized carbons (Fsp3) is 0.120. The van der Waals surface area contributed by atoms with Crippen molar-refractivity contribution in [1.82, 2.24) is 0 Å². The molecular weight excluding hydrogens is 384 g/mol. The zero-order valence-corrected chi connectivity index (χ0v) is 16.4. The molecule has 0 fully saturated rings. The van der Waals surface area contributed by atoms with Gasteiger partial charge in [-0.2, -0.15) is 0 Å². The predicted octanol–water partition coefficient (Wildman–Crippen LogP) is 6.80. The van der Waals surface area contributed by atoms with Crippen LogP contribution in [-0.4, -0.2) is 4.92 Å². The van der Waals surface area contributed by atoms with Crippen LogP contribution < -0.4 is 0 Å². The van der Waals surface area contributed by atoms with E-state index in [1.807, 2.05) is 13.8 Å². The van der Waals surface area contributed by atoms with Crippen molar-refractivity contribution in [3.05, 3.63) is 110 Å². The molecule has 3 nitrogen and oxygen atoms in total. The average molecular weight is 401 g/mol. The fourth-order valence-electron chi connectivity index (χ4n) is 4.72. The van der Waals surface area contributed by atoms with E-state index in [1.165, 1.54) is 30.3 Å². The minimum Gasteiger partial charge on any atom is -0.258 e. The largest absolute Gasteiger partial charge is 0.269 e. The van der Waals surface area contributed by atoms with E-state index < -0.39 is 4.92 Å². The highest BCUT2D eigenvalue weighted by Gasteiger charge is 2.34. The summed E-state index contributed by atoms with van der Waals surface area (Å²) in [5.74, 6) is -0.882. The molecule has 0 bridgehead atoms. The van der Waals surface area contributed by atoms with Crippen LogP contribution in [0.5, 0.6) is 0 Å². The molecule has 0 amide bonds. The SMILES string of the molecule is Cc1c2c(c3ccc(F)cc3c1C)-c1ccc(F)cc1C2c1ccc([N+](=O)[O-])cc1. The van der Waals surface area contributed by atoms with Crippen molar-refractivity contribution in [2.45, 2.75) is 19.8 Å². The van der Waals surface area contributed by atoms with Gasteiger partial charge in [0.15, 0.2) is 0 Å². The van der Waals surface area contributed by atoms with Gasteiger partial charge in [0, 0.05) is 18.1 Å². The number of fused-ring (bicyclic) bond motifs is 5. The molecule has 1 aliphatic rings. The molecule has 0 saturated carbocycles. The van der Waals surface area contributed by atoms with E-state index in [0.717, 1.165) is 49.7 Å². The molecule has 148 valence electrons. The molecule has 5 heteroatoms. The number of halogens is 2. The number of aryl methyl sites for hydroxylation is 1. The maximum absolute atomic E-state index is 14.3. The van der Waals surface area contributed by atoms with Gasteiger partial charge >= 0.3 is 0 Å². The molecule has 30 heavy (non-hydrogen) atoms. The Morgan fingerprint density at radius 1 is 0.833 bits per heavy atom. The summed E-state index contributed by atoms with van der Waals surface area (Å²) in [4.78, 5) is 10.6. The van der Waals surface area contributed by atoms with Gasteiger partial charge in [-0.25, -0.2) is 8.78 Å². The number of hydrogen-bond donors (Lipinski definition) is 0. The van der Waals surface area contributed by atoms with Crippen LogP contribution in [0.3, 0.4) is 0 Å². The molecule has 4 aromatic carbocycles. The lowest BCUT2D eigenvalue weighted by Crippen LogP contribution is -2.03. The molecule has 5 rings (SSSR count). The number of benzene rings is 4. The second-order valence-corrected chi connectivity index (χ2v) is 7.74. The molecule has 1 aliphatic carbocycles. The first-order valence-electron chi connectivity index (χ1n) is 9.63. The maximum atomic E-state index is 14.3. The van der Waals surface area contributed by atoms with Crippen LogP contribution in [0.2, 0.25) is 0 Å². The summed E-state index contributed by atoms with van der Waals surface area (Å²) in [6.45, 7) is 3.97. The molecule has 1 atom stereocenters. The topological polar surface area (TPSA) is 43.1 Å². The minimum atomic E-state index is -0.433. The molecule has 0 saturated heterocycles. The van der Waals surface area contributed by atoms with Gasteiger partial charge in [-0.15, -0.1) is 0 Å². The summed E-state index contributed by atoms with van der Waals surface area (Å²) >= 11 is 0. The molecule has 0 spiro atoms. The number of nitro benzene ring substituents is 1. The third-order valence-corrected chi connectivity index (χ3v) is 6.21. The van der Waals surface area contributed by atoms with Gasteiger partial charge in [0.05, 0.1) is 4.92 Å². The van der Waals surface area contributed by atoms with Crippen LogP contribution >= 0.6 is 0 Å². The summed E-state index contributed by atoms with van der Waals surface area (Å²) in [6, 6.07) is 15.9. The monoisotopic (exact) mass is 401 g/mol. The summed E-state index contributed by atoms with van der Waals surface area (Å²) < 4.78 is 28.2. The van der Waals surface area contributed by atoms with Gasteiger partial charge in [-0.1, -0.05) is 24.3 Å². The Balaban J connectivity index is 1.87. The van der Waals surface area contributed by atoms with E-state index >= 15 is 0 Å². The van der Waals surface area contributed by atoms with Crippen molar-refractivity contribution in [1.29, 1.82) is 0 Å². The lowest BCUT2D eigenvalue weighted by molar-refractivity contribution is -0.384. The molecule has 0 N–H and O–H groups in total. The lowest BCUT2D eigenvalue weighted by Gasteiger charge is -2.19. The van der Waals surface area contributed by atoms with Gasteiger partial charge in [0.25, 0.3) is 5.69 Å². The van der Waals surface area contributed by atoms with Crippen molar-refractivity contribution in [3.63, 3.8) is 0 Å². The third-order valence-electron chi connectivity index (χ3n) is 6.21. The quantitative estimate of drug-likeness (QED) is 0.241. The first kappa shape index (κ1) is 18.4. The van der Waals surface area contributed by atoms with Crippen LogP contribution in [0, 0.1) is 35.6 Å². The molecule has 1 unspecified atom stereocenters. The van der Waals surface area contributed by atoms with Crippen LogP contribution in [0.1, 0.15) is 33.7 Å². The zero-order valence-electron chi connectivity index (χ0n) is 16.4. The van der Waals surface area contributed by atoms with E-state index in [-0.39, 0.29) is 23.2 Å². The number of non-ortho nitro benzene ring substituents is 1. The highest BCUT2D eigenvalue weighted by molar-refractivity contribution is 6.04. The van der Waals surface area contributed by atoms with E-state index in [0.29, 0.717) is 0 Å². The number of hydrogen-bond acceptors (Lipinski definition) is 2. The van der Waals surface area contributed by atoms with E-state index in [2.05, 4.69) is 0 Å². The zero-order chi connectivity index (χ0) is 21.2. The van der Waals surface area contributed by atoms with Gasteiger partial charge in [-0.3, -0.25) is 10.1 Å². The lowest BCUT2D eigenvalue weighted by atomic mass is 9.84. The summed E-state index contributed by atoms with van der Waals surface area (Å²) in [7, 11) is 0. The van der Waals surface area contributed by atoms with Gasteiger partial charge < -0.3 is 0 Å². The van der Waals surface area contributed by atoms with E-state index in [4.69, 9.17) is 0 Å². The first-order chi connectivity index (χ1) is 14.4. The Hall–Kier alpha value is -3.60. The smallest absolute Gasteiger partial charge is 0.258 e. The van der Waals surface area contributed by atoms with Crippen LogP contribution in [0.15, 0.2) is 60.7 Å². The highest BCUT2D eigenvalue weighted by atomic mass is 19.1. The Morgan fingerprint density at radius 2 is 1.50 bits per heavy atom. The van der Waals surface area contributed by atoms with Gasteiger partial charge in [0.2, 0.25) is 0 Å². The van der Waals surface area contributed by atoms with Gasteiger partial charge in [0.1, 0.15) is 11.6 Å². The normalized spacial score (nSPS) is 14.6. The standard InChI is InChI=1S/C25H17F2NO2/c1-13-14(2)23-24(15-3-7-18(8-4-15)28(29)30)22-12-17(27)6-10-20(22)25(23)19-9-5-16(26)11-21(13)19/h3-12,24H,1-2H3. The van der Waals surface area contributed by atoms with Crippen LogP contribution in [0.4, 0.5) is 14.5 Å². The van der Waals surface area contributed by atoms with Crippen LogP contribution in [-0.2, 0) is 0 Å². The molecular formula is C25H17F2NO2. The second-order valence-electron chi connectivity index (χ2n) is 7.74. The van der Waals surface area contributed by atoms with Crippen LogP contribution in [0.25, 0.3) is 21.9 Å². The van der Waals surface area contributed by atoms with E-state index in [9.17, 15) is 18.9 Å². The van der Waals surface area contributed by atoms with Crippen molar-refractivity contribution >= 4 is 16.5 Å². The summed E-state index contributed by atoms with van der Waals surface area (Å²) in [6.07, 6.45) is 0. The first-order valence-corrected chi connectivity index (χ1v) is 9.63. The molecule has 4 aromatic rings. The summed E-state index contributed by atoms with van der Waals surface area (Å²) in [5.41, 5.74) is 6.61. The molecule has 0 radical (unpaired) electrons. The number of nitro groups is 1. The van der Waals surface area contributed by atoms with Crippen molar-refractivity contribution in [2.24, 2.45) is 0 Å². The molecule has 0 aromatic heterocycles.